The predicted molar refractivity (Wildman–Crippen MR) is 117 cm³/mol. The number of thiazole rings is 1. The SMILES string of the molecule is CCNC(=NCc1noc(C(C)(C)C)n1)NCCc1nc(C)c(C)s1.I. The average molecular weight is 492 g/mol. The first-order valence-electron chi connectivity index (χ1n) is 8.57. The van der Waals surface area contributed by atoms with Gasteiger partial charge in [-0.3, -0.25) is 0 Å². The quantitative estimate of drug-likeness (QED) is 0.365. The number of nitrogens with zero attached hydrogens (tertiary/aromatic N) is 4. The van der Waals surface area contributed by atoms with E-state index in [0.717, 1.165) is 36.2 Å². The standard InChI is InChI=1S/C17H28N6OS.HI/c1-7-18-16(19-9-8-14-21-11(2)12(3)25-14)20-10-13-22-15(24-23-13)17(4,5)6;/h7-10H2,1-6H3,(H2,18,19,20);1H. The van der Waals surface area contributed by atoms with Crippen LogP contribution in [-0.4, -0.2) is 34.2 Å². The van der Waals surface area contributed by atoms with Gasteiger partial charge in [0, 0.05) is 29.8 Å². The van der Waals surface area contributed by atoms with Crippen LogP contribution in [0.1, 0.15) is 55.0 Å². The van der Waals surface area contributed by atoms with Gasteiger partial charge in [-0.1, -0.05) is 25.9 Å². The molecule has 0 bridgehead atoms. The maximum absolute atomic E-state index is 5.30. The molecule has 0 saturated carbocycles. The molecule has 0 saturated heterocycles. The Labute approximate surface area is 176 Å². The molecule has 0 unspecified atom stereocenters. The summed E-state index contributed by atoms with van der Waals surface area (Å²) in [6, 6.07) is 0. The Kier molecular flexibility index (Phi) is 8.94. The number of aryl methyl sites for hydroxylation is 2. The maximum Gasteiger partial charge on any atom is 0.232 e. The minimum Gasteiger partial charge on any atom is -0.357 e. The number of guanidine groups is 1. The van der Waals surface area contributed by atoms with Crippen LogP contribution in [0.2, 0.25) is 0 Å². The highest BCUT2D eigenvalue weighted by Crippen LogP contribution is 2.19. The first kappa shape index (κ1) is 22.8. The summed E-state index contributed by atoms with van der Waals surface area (Å²) in [5.41, 5.74) is 0.967. The van der Waals surface area contributed by atoms with Gasteiger partial charge in [-0.15, -0.1) is 35.3 Å². The first-order valence-corrected chi connectivity index (χ1v) is 9.39. The molecule has 0 spiro atoms. The molecule has 0 aliphatic heterocycles. The number of hydrogen-bond acceptors (Lipinski definition) is 6. The Bertz CT molecular complexity index is 700. The van der Waals surface area contributed by atoms with Gasteiger partial charge in [-0.2, -0.15) is 4.98 Å². The second-order valence-corrected chi connectivity index (χ2v) is 8.17. The van der Waals surface area contributed by atoms with Crippen LogP contribution in [0, 0.1) is 13.8 Å². The number of halogens is 1. The molecule has 26 heavy (non-hydrogen) atoms. The third-order valence-corrected chi connectivity index (χ3v) is 4.67. The molecule has 0 aromatic carbocycles. The predicted octanol–water partition coefficient (Wildman–Crippen LogP) is 3.36. The van der Waals surface area contributed by atoms with Gasteiger partial charge in [0.05, 0.1) is 10.7 Å². The molecular formula is C17H29IN6OS. The zero-order valence-electron chi connectivity index (χ0n) is 16.3. The minimum atomic E-state index is -0.151. The summed E-state index contributed by atoms with van der Waals surface area (Å²) in [6.45, 7) is 14.3. The molecule has 2 rings (SSSR count). The third kappa shape index (κ3) is 6.82. The van der Waals surface area contributed by atoms with E-state index >= 15 is 0 Å². The Balaban J connectivity index is 0.00000338. The van der Waals surface area contributed by atoms with Gasteiger partial charge < -0.3 is 15.2 Å². The molecule has 0 fully saturated rings. The number of aliphatic imine (C=N–C) groups is 1. The topological polar surface area (TPSA) is 88.2 Å². The van der Waals surface area contributed by atoms with Gasteiger partial charge in [-0.05, 0) is 20.8 Å². The summed E-state index contributed by atoms with van der Waals surface area (Å²) in [5, 5.41) is 11.7. The zero-order chi connectivity index (χ0) is 18.4. The lowest BCUT2D eigenvalue weighted by Gasteiger charge is -2.10. The summed E-state index contributed by atoms with van der Waals surface area (Å²) >= 11 is 1.75. The molecule has 2 N–H and O–H groups in total. The fraction of sp³-hybridized carbons (Fsp3) is 0.647. The van der Waals surface area contributed by atoms with E-state index in [4.69, 9.17) is 4.52 Å². The third-order valence-electron chi connectivity index (χ3n) is 3.54. The van der Waals surface area contributed by atoms with Crippen LogP contribution in [0.3, 0.4) is 0 Å². The second-order valence-electron chi connectivity index (χ2n) is 6.89. The van der Waals surface area contributed by atoms with Crippen molar-refractivity contribution in [2.45, 2.75) is 59.9 Å². The lowest BCUT2D eigenvalue weighted by molar-refractivity contribution is 0.318. The van der Waals surface area contributed by atoms with Gasteiger partial charge in [0.15, 0.2) is 11.8 Å². The summed E-state index contributed by atoms with van der Waals surface area (Å²) in [7, 11) is 0. The first-order chi connectivity index (χ1) is 11.8. The van der Waals surface area contributed by atoms with Crippen LogP contribution in [0.15, 0.2) is 9.52 Å². The van der Waals surface area contributed by atoms with E-state index in [2.05, 4.69) is 37.7 Å². The number of hydrogen-bond donors (Lipinski definition) is 2. The van der Waals surface area contributed by atoms with Gasteiger partial charge in [0.2, 0.25) is 5.89 Å². The molecule has 2 heterocycles. The lowest BCUT2D eigenvalue weighted by atomic mass is 9.97. The van der Waals surface area contributed by atoms with E-state index in [0.29, 0.717) is 18.3 Å². The minimum absolute atomic E-state index is 0. The summed E-state index contributed by atoms with van der Waals surface area (Å²) < 4.78 is 5.30. The summed E-state index contributed by atoms with van der Waals surface area (Å²) in [4.78, 5) is 14.8. The van der Waals surface area contributed by atoms with E-state index < -0.39 is 0 Å². The van der Waals surface area contributed by atoms with Crippen LogP contribution in [0.4, 0.5) is 0 Å². The van der Waals surface area contributed by atoms with Crippen molar-refractivity contribution in [3.05, 3.63) is 27.3 Å². The normalized spacial score (nSPS) is 12.0. The fourth-order valence-corrected chi connectivity index (χ4v) is 2.98. The fourth-order valence-electron chi connectivity index (χ4n) is 2.05. The Hall–Kier alpha value is -1.23. The maximum atomic E-state index is 5.30. The Morgan fingerprint density at radius 3 is 2.46 bits per heavy atom. The molecule has 0 amide bonds. The van der Waals surface area contributed by atoms with Crippen LogP contribution >= 0.6 is 35.3 Å². The largest absolute Gasteiger partial charge is 0.357 e. The highest BCUT2D eigenvalue weighted by atomic mass is 127. The van der Waals surface area contributed by atoms with Gasteiger partial charge >= 0.3 is 0 Å². The molecule has 0 aliphatic rings. The molecule has 0 radical (unpaired) electrons. The van der Waals surface area contributed by atoms with Crippen LogP contribution < -0.4 is 10.6 Å². The zero-order valence-corrected chi connectivity index (χ0v) is 19.5. The lowest BCUT2D eigenvalue weighted by Crippen LogP contribution is -2.38. The van der Waals surface area contributed by atoms with E-state index in [1.54, 1.807) is 11.3 Å². The van der Waals surface area contributed by atoms with E-state index in [1.165, 1.54) is 4.88 Å². The second kappa shape index (κ2) is 10.2. The van der Waals surface area contributed by atoms with Crippen molar-refractivity contribution in [3.8, 4) is 0 Å². The van der Waals surface area contributed by atoms with Crippen molar-refractivity contribution >= 4 is 41.3 Å². The van der Waals surface area contributed by atoms with E-state index in [9.17, 15) is 0 Å². The molecular weight excluding hydrogens is 463 g/mol. The highest BCUT2D eigenvalue weighted by molar-refractivity contribution is 14.0. The van der Waals surface area contributed by atoms with Gasteiger partial charge in [0.1, 0.15) is 6.54 Å². The highest BCUT2D eigenvalue weighted by Gasteiger charge is 2.21. The molecule has 2 aromatic rings. The number of aromatic nitrogens is 3. The molecule has 146 valence electrons. The number of nitrogens with one attached hydrogen (secondary N) is 2. The van der Waals surface area contributed by atoms with E-state index in [1.807, 2.05) is 34.6 Å². The van der Waals surface area contributed by atoms with Crippen LogP contribution in [-0.2, 0) is 18.4 Å². The average Bonchev–Trinajstić information content (AvgIpc) is 3.12. The Morgan fingerprint density at radius 2 is 1.92 bits per heavy atom. The van der Waals surface area contributed by atoms with Crippen molar-refractivity contribution in [3.63, 3.8) is 0 Å². The van der Waals surface area contributed by atoms with Crippen LogP contribution in [0.25, 0.3) is 0 Å². The molecule has 9 heteroatoms. The van der Waals surface area contributed by atoms with Crippen LogP contribution in [0.5, 0.6) is 0 Å². The Morgan fingerprint density at radius 1 is 1.19 bits per heavy atom. The summed E-state index contributed by atoms with van der Waals surface area (Å²) in [5.74, 6) is 1.97. The summed E-state index contributed by atoms with van der Waals surface area (Å²) in [6.07, 6.45) is 0.875. The monoisotopic (exact) mass is 492 g/mol. The van der Waals surface area contributed by atoms with Crippen molar-refractivity contribution < 1.29 is 4.52 Å². The molecule has 0 aliphatic carbocycles. The van der Waals surface area contributed by atoms with Crippen molar-refractivity contribution in [1.82, 2.24) is 25.8 Å². The van der Waals surface area contributed by atoms with Crippen molar-refractivity contribution in [2.75, 3.05) is 13.1 Å². The van der Waals surface area contributed by atoms with Gasteiger partial charge in [0.25, 0.3) is 0 Å². The molecule has 2 aromatic heterocycles. The smallest absolute Gasteiger partial charge is 0.232 e. The van der Waals surface area contributed by atoms with E-state index in [-0.39, 0.29) is 29.4 Å². The van der Waals surface area contributed by atoms with Crippen molar-refractivity contribution in [2.24, 2.45) is 4.99 Å². The van der Waals surface area contributed by atoms with Gasteiger partial charge in [-0.25, -0.2) is 9.98 Å². The molecule has 0 atom stereocenters. The van der Waals surface area contributed by atoms with Crippen molar-refractivity contribution in [1.29, 1.82) is 0 Å². The molecule has 7 nitrogen and oxygen atoms in total. The number of rotatable bonds is 6.